The van der Waals surface area contributed by atoms with Crippen molar-refractivity contribution in [2.45, 2.75) is 32.9 Å². The number of hydrogen-bond donors (Lipinski definition) is 1. The van der Waals surface area contributed by atoms with Crippen molar-refractivity contribution in [3.8, 4) is 0 Å². The molecule has 1 amide bonds. The van der Waals surface area contributed by atoms with Crippen LogP contribution < -0.4 is 5.32 Å². The third-order valence-electron chi connectivity index (χ3n) is 2.63. The van der Waals surface area contributed by atoms with E-state index in [1.54, 1.807) is 12.5 Å². The molecule has 19 heavy (non-hydrogen) atoms. The maximum atomic E-state index is 12.0. The van der Waals surface area contributed by atoms with Crippen molar-refractivity contribution < 1.29 is 4.79 Å². The second kappa shape index (κ2) is 5.26. The van der Waals surface area contributed by atoms with Gasteiger partial charge in [0.25, 0.3) is 5.91 Å². The Morgan fingerprint density at radius 1 is 1.26 bits per heavy atom. The van der Waals surface area contributed by atoms with E-state index < -0.39 is 0 Å². The number of carbonyl (C=O) groups excluding carboxylic acids is 1. The normalized spacial score (nSPS) is 11.3. The molecule has 0 radical (unpaired) electrons. The summed E-state index contributed by atoms with van der Waals surface area (Å²) in [7, 11) is 0. The first kappa shape index (κ1) is 13.3. The minimum atomic E-state index is -0.216. The Morgan fingerprint density at radius 3 is 2.47 bits per heavy atom. The molecule has 4 nitrogen and oxygen atoms in total. The summed E-state index contributed by atoms with van der Waals surface area (Å²) >= 11 is 0. The molecule has 0 saturated carbocycles. The second-order valence-corrected chi connectivity index (χ2v) is 5.64. The lowest BCUT2D eigenvalue weighted by molar-refractivity contribution is 0.0919. The number of hydrogen-bond acceptors (Lipinski definition) is 2. The summed E-state index contributed by atoms with van der Waals surface area (Å²) in [6, 6.07) is 7.65. The molecule has 2 rings (SSSR count). The van der Waals surface area contributed by atoms with Crippen molar-refractivity contribution in [3.05, 3.63) is 54.1 Å². The maximum Gasteiger partial charge on any atom is 0.251 e. The molecule has 0 fully saturated rings. The molecular formula is C15H19N3O. The number of nitrogens with zero attached hydrogens (tertiary/aromatic N) is 2. The minimum Gasteiger partial charge on any atom is -0.347 e. The van der Waals surface area contributed by atoms with E-state index in [1.807, 2.05) is 55.8 Å². The van der Waals surface area contributed by atoms with E-state index in [0.717, 1.165) is 12.1 Å². The lowest BCUT2D eigenvalue weighted by Gasteiger charge is -2.20. The molecule has 1 aromatic heterocycles. The van der Waals surface area contributed by atoms with E-state index in [2.05, 4.69) is 10.3 Å². The van der Waals surface area contributed by atoms with Crippen LogP contribution in [0, 0.1) is 0 Å². The molecule has 0 aliphatic heterocycles. The van der Waals surface area contributed by atoms with E-state index >= 15 is 0 Å². The summed E-state index contributed by atoms with van der Waals surface area (Å²) in [5.41, 5.74) is 1.61. The molecule has 4 heteroatoms. The van der Waals surface area contributed by atoms with Gasteiger partial charge >= 0.3 is 0 Å². The van der Waals surface area contributed by atoms with Crippen molar-refractivity contribution in [3.63, 3.8) is 0 Å². The Morgan fingerprint density at radius 2 is 1.95 bits per heavy atom. The van der Waals surface area contributed by atoms with Gasteiger partial charge in [-0.2, -0.15) is 0 Å². The number of imidazole rings is 1. The zero-order valence-electron chi connectivity index (χ0n) is 11.6. The summed E-state index contributed by atoms with van der Waals surface area (Å²) in [6.07, 6.45) is 5.45. The number of amides is 1. The van der Waals surface area contributed by atoms with Gasteiger partial charge in [0.1, 0.15) is 0 Å². The molecule has 0 aliphatic carbocycles. The topological polar surface area (TPSA) is 46.9 Å². The van der Waals surface area contributed by atoms with E-state index in [9.17, 15) is 4.79 Å². The van der Waals surface area contributed by atoms with Crippen molar-refractivity contribution in [1.29, 1.82) is 0 Å². The second-order valence-electron chi connectivity index (χ2n) is 5.64. The third-order valence-corrected chi connectivity index (χ3v) is 2.63. The van der Waals surface area contributed by atoms with Crippen LogP contribution in [0.3, 0.4) is 0 Å². The molecule has 0 bridgehead atoms. The minimum absolute atomic E-state index is 0.0401. The van der Waals surface area contributed by atoms with Gasteiger partial charge in [-0.05, 0) is 38.5 Å². The lowest BCUT2D eigenvalue weighted by Crippen LogP contribution is -2.40. The monoisotopic (exact) mass is 257 g/mol. The van der Waals surface area contributed by atoms with Crippen LogP contribution in [0.5, 0.6) is 0 Å². The number of nitrogens with one attached hydrogen (secondary N) is 1. The largest absolute Gasteiger partial charge is 0.347 e. The van der Waals surface area contributed by atoms with E-state index in [-0.39, 0.29) is 11.4 Å². The Labute approximate surface area is 113 Å². The standard InChI is InChI=1S/C15H19N3O/c1-15(2,3)17-14(19)13-6-4-12(5-7-13)10-18-9-8-16-11-18/h4-9,11H,10H2,1-3H3,(H,17,19). The van der Waals surface area contributed by atoms with E-state index in [4.69, 9.17) is 0 Å². The molecule has 1 heterocycles. The van der Waals surface area contributed by atoms with E-state index in [0.29, 0.717) is 5.56 Å². The highest BCUT2D eigenvalue weighted by atomic mass is 16.1. The Kier molecular flexibility index (Phi) is 3.69. The summed E-state index contributed by atoms with van der Waals surface area (Å²) in [6.45, 7) is 6.68. The fourth-order valence-electron chi connectivity index (χ4n) is 1.77. The summed E-state index contributed by atoms with van der Waals surface area (Å²) < 4.78 is 1.99. The van der Waals surface area contributed by atoms with Gasteiger partial charge in [0.05, 0.1) is 6.33 Å². The predicted octanol–water partition coefficient (Wildman–Crippen LogP) is 2.46. The fourth-order valence-corrected chi connectivity index (χ4v) is 1.77. The third kappa shape index (κ3) is 3.95. The zero-order valence-corrected chi connectivity index (χ0v) is 11.6. The van der Waals surface area contributed by atoms with Crippen LogP contribution in [0.4, 0.5) is 0 Å². The number of rotatable bonds is 3. The van der Waals surface area contributed by atoms with Crippen LogP contribution in [0.2, 0.25) is 0 Å². The summed E-state index contributed by atoms with van der Waals surface area (Å²) in [5.74, 6) is -0.0401. The smallest absolute Gasteiger partial charge is 0.251 e. The van der Waals surface area contributed by atoms with Gasteiger partial charge in [0.15, 0.2) is 0 Å². The van der Waals surface area contributed by atoms with Gasteiger partial charge in [0, 0.05) is 30.0 Å². The van der Waals surface area contributed by atoms with Gasteiger partial charge in [-0.25, -0.2) is 4.98 Å². The SMILES string of the molecule is CC(C)(C)NC(=O)c1ccc(Cn2ccnc2)cc1. The lowest BCUT2D eigenvalue weighted by atomic mass is 10.1. The molecule has 0 saturated heterocycles. The highest BCUT2D eigenvalue weighted by Gasteiger charge is 2.14. The van der Waals surface area contributed by atoms with Crippen LogP contribution >= 0.6 is 0 Å². The molecule has 0 unspecified atom stereocenters. The highest BCUT2D eigenvalue weighted by Crippen LogP contribution is 2.08. The number of aromatic nitrogens is 2. The quantitative estimate of drug-likeness (QED) is 0.918. The average Bonchev–Trinajstić information content (AvgIpc) is 2.80. The highest BCUT2D eigenvalue weighted by molar-refractivity contribution is 5.94. The van der Waals surface area contributed by atoms with Gasteiger partial charge in [0.2, 0.25) is 0 Å². The van der Waals surface area contributed by atoms with Gasteiger partial charge in [-0.3, -0.25) is 4.79 Å². The Hall–Kier alpha value is -2.10. The van der Waals surface area contributed by atoms with Gasteiger partial charge in [-0.1, -0.05) is 12.1 Å². The molecule has 0 atom stereocenters. The first-order valence-corrected chi connectivity index (χ1v) is 6.31. The maximum absolute atomic E-state index is 12.0. The van der Waals surface area contributed by atoms with Crippen LogP contribution in [0.15, 0.2) is 43.0 Å². The van der Waals surface area contributed by atoms with Crippen molar-refractivity contribution in [1.82, 2.24) is 14.9 Å². The number of carbonyl (C=O) groups is 1. The predicted molar refractivity (Wildman–Crippen MR) is 75.0 cm³/mol. The molecule has 1 N–H and O–H groups in total. The van der Waals surface area contributed by atoms with Crippen molar-refractivity contribution in [2.24, 2.45) is 0 Å². The molecule has 2 aromatic rings. The average molecular weight is 257 g/mol. The van der Waals surface area contributed by atoms with Crippen LogP contribution in [-0.4, -0.2) is 21.0 Å². The van der Waals surface area contributed by atoms with E-state index in [1.165, 1.54) is 0 Å². The molecular weight excluding hydrogens is 238 g/mol. The first-order chi connectivity index (χ1) is 8.94. The zero-order chi connectivity index (χ0) is 13.9. The van der Waals surface area contributed by atoms with Crippen LogP contribution in [0.1, 0.15) is 36.7 Å². The fraction of sp³-hybridized carbons (Fsp3) is 0.333. The van der Waals surface area contributed by atoms with Crippen LogP contribution in [-0.2, 0) is 6.54 Å². The first-order valence-electron chi connectivity index (χ1n) is 6.31. The Bertz CT molecular complexity index is 536. The molecule has 0 aliphatic rings. The van der Waals surface area contributed by atoms with Crippen LogP contribution in [0.25, 0.3) is 0 Å². The summed E-state index contributed by atoms with van der Waals surface area (Å²) in [5, 5.41) is 2.95. The van der Waals surface area contributed by atoms with Crippen molar-refractivity contribution in [2.75, 3.05) is 0 Å². The Balaban J connectivity index is 2.04. The molecule has 1 aromatic carbocycles. The van der Waals surface area contributed by atoms with Gasteiger partial charge in [-0.15, -0.1) is 0 Å². The van der Waals surface area contributed by atoms with Crippen molar-refractivity contribution >= 4 is 5.91 Å². The summed E-state index contributed by atoms with van der Waals surface area (Å²) in [4.78, 5) is 16.0. The molecule has 100 valence electrons. The number of benzene rings is 1. The van der Waals surface area contributed by atoms with Gasteiger partial charge < -0.3 is 9.88 Å². The molecule has 0 spiro atoms.